The van der Waals surface area contributed by atoms with E-state index in [4.69, 9.17) is 9.47 Å². The van der Waals surface area contributed by atoms with Crippen molar-refractivity contribution in [2.24, 2.45) is 0 Å². The summed E-state index contributed by atoms with van der Waals surface area (Å²) in [6.45, 7) is -0.392. The van der Waals surface area contributed by atoms with Crippen molar-refractivity contribution in [3.05, 3.63) is 59.7 Å². The summed E-state index contributed by atoms with van der Waals surface area (Å²) >= 11 is 0. The van der Waals surface area contributed by atoms with Crippen LogP contribution in [0.4, 0.5) is 0 Å². The lowest BCUT2D eigenvalue weighted by atomic mass is 9.58. The SMILES string of the molecule is COc1ccc(CB(O)Cc2ccc(OC)cc2)cc1. The number of methoxy groups -OCH3 is 2. The highest BCUT2D eigenvalue weighted by Gasteiger charge is 2.12. The minimum Gasteiger partial charge on any atom is -0.497 e. The normalized spacial score (nSPS) is 10.2. The lowest BCUT2D eigenvalue weighted by molar-refractivity contribution is 0.414. The van der Waals surface area contributed by atoms with E-state index in [2.05, 4.69) is 0 Å². The summed E-state index contributed by atoms with van der Waals surface area (Å²) in [4.78, 5) is 0. The molecule has 2 rings (SSSR count). The third-order valence-electron chi connectivity index (χ3n) is 3.26. The van der Waals surface area contributed by atoms with Gasteiger partial charge in [-0.25, -0.2) is 0 Å². The predicted octanol–water partition coefficient (Wildman–Crippen LogP) is 2.55. The molecule has 20 heavy (non-hydrogen) atoms. The number of rotatable bonds is 6. The first-order valence-corrected chi connectivity index (χ1v) is 6.65. The summed E-state index contributed by atoms with van der Waals surface area (Å²) < 4.78 is 10.2. The van der Waals surface area contributed by atoms with Crippen molar-refractivity contribution in [1.82, 2.24) is 0 Å². The molecule has 0 bridgehead atoms. The number of benzene rings is 2. The van der Waals surface area contributed by atoms with Crippen molar-refractivity contribution in [3.63, 3.8) is 0 Å². The van der Waals surface area contributed by atoms with Gasteiger partial charge in [0.2, 0.25) is 0 Å². The lowest BCUT2D eigenvalue weighted by Crippen LogP contribution is -2.20. The van der Waals surface area contributed by atoms with Gasteiger partial charge in [0.25, 0.3) is 6.92 Å². The van der Waals surface area contributed by atoms with Gasteiger partial charge in [-0.2, -0.15) is 0 Å². The Balaban J connectivity index is 1.91. The van der Waals surface area contributed by atoms with E-state index in [-0.39, 0.29) is 0 Å². The van der Waals surface area contributed by atoms with Crippen LogP contribution in [0, 0.1) is 0 Å². The summed E-state index contributed by atoms with van der Waals surface area (Å²) in [5.41, 5.74) is 2.21. The van der Waals surface area contributed by atoms with Crippen molar-refractivity contribution in [2.45, 2.75) is 12.6 Å². The zero-order valence-corrected chi connectivity index (χ0v) is 11.9. The van der Waals surface area contributed by atoms with E-state index in [9.17, 15) is 5.02 Å². The van der Waals surface area contributed by atoms with Gasteiger partial charge < -0.3 is 14.5 Å². The maximum Gasteiger partial charge on any atom is 0.297 e. The fourth-order valence-electron chi connectivity index (χ4n) is 2.14. The molecular weight excluding hydrogens is 251 g/mol. The van der Waals surface area contributed by atoms with Gasteiger partial charge in [0.05, 0.1) is 14.2 Å². The first-order valence-electron chi connectivity index (χ1n) is 6.65. The molecule has 4 heteroatoms. The van der Waals surface area contributed by atoms with Crippen molar-refractivity contribution >= 4 is 6.92 Å². The highest BCUT2D eigenvalue weighted by atomic mass is 16.5. The average Bonchev–Trinajstić information content (AvgIpc) is 2.49. The van der Waals surface area contributed by atoms with Crippen molar-refractivity contribution in [1.29, 1.82) is 0 Å². The van der Waals surface area contributed by atoms with Crippen LogP contribution in [0.15, 0.2) is 48.5 Å². The molecule has 104 valence electrons. The Labute approximate surface area is 120 Å². The fourth-order valence-corrected chi connectivity index (χ4v) is 2.14. The Morgan fingerprint density at radius 2 is 1.10 bits per heavy atom. The van der Waals surface area contributed by atoms with Gasteiger partial charge in [0.15, 0.2) is 0 Å². The molecule has 0 amide bonds. The van der Waals surface area contributed by atoms with Crippen LogP contribution in [-0.4, -0.2) is 26.2 Å². The zero-order valence-electron chi connectivity index (χ0n) is 11.9. The maximum absolute atomic E-state index is 10.1. The summed E-state index contributed by atoms with van der Waals surface area (Å²) in [6, 6.07) is 15.6. The standard InChI is InChI=1S/C16H19BO3/c1-19-15-7-3-13(4-8-15)11-17(18)12-14-5-9-16(20-2)10-6-14/h3-10,18H,11-12H2,1-2H3. The van der Waals surface area contributed by atoms with Crippen LogP contribution in [0.5, 0.6) is 11.5 Å². The van der Waals surface area contributed by atoms with Gasteiger partial charge in [-0.15, -0.1) is 0 Å². The highest BCUT2D eigenvalue weighted by molar-refractivity contribution is 6.49. The molecule has 0 aliphatic heterocycles. The zero-order chi connectivity index (χ0) is 14.4. The molecule has 1 N–H and O–H groups in total. The molecule has 0 aliphatic rings. The van der Waals surface area contributed by atoms with Gasteiger partial charge in [-0.05, 0) is 36.9 Å². The van der Waals surface area contributed by atoms with Crippen LogP contribution >= 0.6 is 0 Å². The number of ether oxygens (including phenoxy) is 2. The van der Waals surface area contributed by atoms with E-state index in [0.717, 1.165) is 22.6 Å². The lowest BCUT2D eigenvalue weighted by Gasteiger charge is -2.08. The predicted molar refractivity (Wildman–Crippen MR) is 81.4 cm³/mol. The molecule has 0 saturated heterocycles. The largest absolute Gasteiger partial charge is 0.497 e. The number of hydrogen-bond donors (Lipinski definition) is 1. The van der Waals surface area contributed by atoms with Crippen LogP contribution in [0.2, 0.25) is 0 Å². The highest BCUT2D eigenvalue weighted by Crippen LogP contribution is 2.15. The van der Waals surface area contributed by atoms with E-state index in [1.807, 2.05) is 48.5 Å². The van der Waals surface area contributed by atoms with Crippen LogP contribution < -0.4 is 9.47 Å². The van der Waals surface area contributed by atoms with Crippen LogP contribution in [0.1, 0.15) is 11.1 Å². The monoisotopic (exact) mass is 270 g/mol. The smallest absolute Gasteiger partial charge is 0.297 e. The van der Waals surface area contributed by atoms with Crippen molar-refractivity contribution in [2.75, 3.05) is 14.2 Å². The molecule has 0 unspecified atom stereocenters. The molecule has 0 fully saturated rings. The molecule has 0 heterocycles. The van der Waals surface area contributed by atoms with Crippen molar-refractivity contribution < 1.29 is 14.5 Å². The quantitative estimate of drug-likeness (QED) is 0.820. The second-order valence-electron chi connectivity index (χ2n) is 4.76. The molecule has 0 aliphatic carbocycles. The molecule has 0 atom stereocenters. The first-order chi connectivity index (χ1) is 9.71. The minimum atomic E-state index is -0.392. The van der Waals surface area contributed by atoms with Crippen molar-refractivity contribution in [3.8, 4) is 11.5 Å². The molecule has 3 nitrogen and oxygen atoms in total. The van der Waals surface area contributed by atoms with Gasteiger partial charge in [-0.1, -0.05) is 35.4 Å². The summed E-state index contributed by atoms with van der Waals surface area (Å²) in [6.07, 6.45) is 1.27. The minimum absolute atomic E-state index is 0.392. The molecule has 2 aromatic rings. The summed E-state index contributed by atoms with van der Waals surface area (Å²) in [5.74, 6) is 1.66. The van der Waals surface area contributed by atoms with Gasteiger partial charge >= 0.3 is 0 Å². The Kier molecular flexibility index (Phi) is 5.07. The Hall–Kier alpha value is -1.94. The first kappa shape index (κ1) is 14.5. The Morgan fingerprint density at radius 1 is 0.750 bits per heavy atom. The Morgan fingerprint density at radius 3 is 1.40 bits per heavy atom. The molecule has 0 saturated carbocycles. The Bertz CT molecular complexity index is 473. The van der Waals surface area contributed by atoms with Crippen LogP contribution in [0.25, 0.3) is 0 Å². The van der Waals surface area contributed by atoms with Crippen LogP contribution in [-0.2, 0) is 12.6 Å². The van der Waals surface area contributed by atoms with Gasteiger partial charge in [0, 0.05) is 0 Å². The van der Waals surface area contributed by atoms with E-state index in [1.165, 1.54) is 0 Å². The molecular formula is C16H19BO3. The van der Waals surface area contributed by atoms with Crippen LogP contribution in [0.3, 0.4) is 0 Å². The van der Waals surface area contributed by atoms with E-state index >= 15 is 0 Å². The van der Waals surface area contributed by atoms with E-state index < -0.39 is 6.92 Å². The van der Waals surface area contributed by atoms with E-state index in [0.29, 0.717) is 12.6 Å². The average molecular weight is 270 g/mol. The molecule has 0 spiro atoms. The molecule has 0 radical (unpaired) electrons. The summed E-state index contributed by atoms with van der Waals surface area (Å²) in [5, 5.41) is 10.1. The topological polar surface area (TPSA) is 38.7 Å². The second-order valence-corrected chi connectivity index (χ2v) is 4.76. The third-order valence-corrected chi connectivity index (χ3v) is 3.26. The maximum atomic E-state index is 10.1. The molecule has 2 aromatic carbocycles. The van der Waals surface area contributed by atoms with E-state index in [1.54, 1.807) is 14.2 Å². The second kappa shape index (κ2) is 7.01. The number of hydrogen-bond acceptors (Lipinski definition) is 3. The molecule has 0 aromatic heterocycles. The fraction of sp³-hybridized carbons (Fsp3) is 0.250. The van der Waals surface area contributed by atoms with Gasteiger partial charge in [0.1, 0.15) is 11.5 Å². The van der Waals surface area contributed by atoms with Gasteiger partial charge in [-0.3, -0.25) is 0 Å². The summed E-state index contributed by atoms with van der Waals surface area (Å²) in [7, 11) is 3.29. The third kappa shape index (κ3) is 4.03.